The Balaban J connectivity index is 2.84. The predicted molar refractivity (Wildman–Crippen MR) is 71.5 cm³/mol. The molecule has 0 aliphatic rings. The summed E-state index contributed by atoms with van der Waals surface area (Å²) in [7, 11) is 7.38. The number of benzene rings is 1. The molecule has 7 heteroatoms. The van der Waals surface area contributed by atoms with Gasteiger partial charge in [0.2, 0.25) is 0 Å². The number of hydrogen-bond donors (Lipinski definition) is 0. The highest BCUT2D eigenvalue weighted by atomic mass is 19.3. The number of rotatable bonds is 4. The second-order valence-electron chi connectivity index (χ2n) is 4.55. The molecule has 0 aromatic heterocycles. The van der Waals surface area contributed by atoms with E-state index in [1.54, 1.807) is 0 Å². The smallest absolute Gasteiger partial charge is 0.387 e. The second-order valence-corrected chi connectivity index (χ2v) is 4.55. The van der Waals surface area contributed by atoms with Crippen LogP contribution in [0.3, 0.4) is 0 Å². The third kappa shape index (κ3) is 4.64. The maximum absolute atomic E-state index is 13.5. The molecule has 0 saturated carbocycles. The Morgan fingerprint density at radius 1 is 1.20 bits per heavy atom. The van der Waals surface area contributed by atoms with Gasteiger partial charge in [-0.2, -0.15) is 8.78 Å². The van der Waals surface area contributed by atoms with Crippen LogP contribution in [-0.4, -0.2) is 50.6 Å². The molecule has 1 aromatic carbocycles. The molecule has 0 N–H and O–H groups in total. The first-order chi connectivity index (χ1) is 9.31. The van der Waals surface area contributed by atoms with E-state index < -0.39 is 18.2 Å². The molecule has 0 radical (unpaired) electrons. The molecule has 0 aliphatic carbocycles. The molecule has 20 heavy (non-hydrogen) atoms. The summed E-state index contributed by atoms with van der Waals surface area (Å²) in [6, 6.07) is 3.83. The lowest BCUT2D eigenvalue weighted by Gasteiger charge is -2.22. The standard InChI is InChI=1S/C13H18F3N3O/c1-18(2)13(19(3)4)17-8-9-5-6-11(10(14)7-9)20-12(15)16/h5-7,12H,8H2,1-4H3. The highest BCUT2D eigenvalue weighted by Crippen LogP contribution is 2.20. The quantitative estimate of drug-likeness (QED) is 0.629. The Labute approximate surface area is 116 Å². The van der Waals surface area contributed by atoms with Gasteiger partial charge >= 0.3 is 6.61 Å². The summed E-state index contributed by atoms with van der Waals surface area (Å²) in [4.78, 5) is 7.99. The van der Waals surface area contributed by atoms with Crippen molar-refractivity contribution < 1.29 is 17.9 Å². The summed E-state index contributed by atoms with van der Waals surface area (Å²) < 4.78 is 41.6. The third-order valence-electron chi connectivity index (χ3n) is 2.42. The van der Waals surface area contributed by atoms with Gasteiger partial charge in [0.05, 0.1) is 6.54 Å². The molecule has 4 nitrogen and oxygen atoms in total. The molecule has 0 spiro atoms. The van der Waals surface area contributed by atoms with E-state index in [2.05, 4.69) is 9.73 Å². The van der Waals surface area contributed by atoms with Crippen LogP contribution in [0.4, 0.5) is 13.2 Å². The van der Waals surface area contributed by atoms with Gasteiger partial charge in [-0.25, -0.2) is 9.38 Å². The van der Waals surface area contributed by atoms with E-state index >= 15 is 0 Å². The van der Waals surface area contributed by atoms with Crippen molar-refractivity contribution in [1.82, 2.24) is 9.80 Å². The summed E-state index contributed by atoms with van der Waals surface area (Å²) in [5.41, 5.74) is 0.574. The van der Waals surface area contributed by atoms with Crippen LogP contribution in [0.25, 0.3) is 0 Å². The molecule has 0 atom stereocenters. The summed E-state index contributed by atoms with van der Waals surface area (Å²) >= 11 is 0. The van der Waals surface area contributed by atoms with Crippen LogP contribution in [0.5, 0.6) is 5.75 Å². The molecule has 0 fully saturated rings. The third-order valence-corrected chi connectivity index (χ3v) is 2.42. The number of nitrogens with zero attached hydrogens (tertiary/aromatic N) is 3. The van der Waals surface area contributed by atoms with Gasteiger partial charge in [-0.15, -0.1) is 0 Å². The Morgan fingerprint density at radius 2 is 1.80 bits per heavy atom. The zero-order chi connectivity index (χ0) is 15.3. The van der Waals surface area contributed by atoms with Crippen LogP contribution < -0.4 is 4.74 Å². The Hall–Kier alpha value is -1.92. The van der Waals surface area contributed by atoms with Gasteiger partial charge in [0.25, 0.3) is 0 Å². The van der Waals surface area contributed by atoms with Gasteiger partial charge in [-0.3, -0.25) is 0 Å². The van der Waals surface area contributed by atoms with E-state index in [1.807, 2.05) is 38.0 Å². The van der Waals surface area contributed by atoms with Gasteiger partial charge in [0.1, 0.15) is 0 Å². The normalized spacial score (nSPS) is 10.4. The molecule has 0 saturated heterocycles. The molecule has 112 valence electrons. The first-order valence-corrected chi connectivity index (χ1v) is 5.93. The molecular formula is C13H18F3N3O. The summed E-state index contributed by atoms with van der Waals surface area (Å²) in [6.07, 6.45) is 0. The molecule has 0 amide bonds. The molecule has 1 rings (SSSR count). The lowest BCUT2D eigenvalue weighted by Crippen LogP contribution is -2.35. The van der Waals surface area contributed by atoms with E-state index in [1.165, 1.54) is 12.1 Å². The van der Waals surface area contributed by atoms with E-state index in [9.17, 15) is 13.2 Å². The van der Waals surface area contributed by atoms with Crippen LogP contribution in [0.2, 0.25) is 0 Å². The fraction of sp³-hybridized carbons (Fsp3) is 0.462. The van der Waals surface area contributed by atoms with Gasteiger partial charge in [0, 0.05) is 28.2 Å². The minimum Gasteiger partial charge on any atom is -0.432 e. The van der Waals surface area contributed by atoms with Crippen LogP contribution in [0.1, 0.15) is 5.56 Å². The minimum atomic E-state index is -3.04. The Morgan fingerprint density at radius 3 is 2.25 bits per heavy atom. The van der Waals surface area contributed by atoms with Crippen molar-refractivity contribution in [2.45, 2.75) is 13.2 Å². The molecular weight excluding hydrogens is 271 g/mol. The number of aliphatic imine (C=N–C) groups is 1. The molecule has 0 aliphatic heterocycles. The number of guanidine groups is 1. The zero-order valence-electron chi connectivity index (χ0n) is 11.9. The van der Waals surface area contributed by atoms with Gasteiger partial charge in [-0.05, 0) is 17.7 Å². The largest absolute Gasteiger partial charge is 0.432 e. The Kier molecular flexibility index (Phi) is 5.66. The first kappa shape index (κ1) is 16.1. The molecule has 0 bridgehead atoms. The highest BCUT2D eigenvalue weighted by molar-refractivity contribution is 5.79. The number of hydrogen-bond acceptors (Lipinski definition) is 2. The Bertz CT molecular complexity index is 466. The van der Waals surface area contributed by atoms with Crippen molar-refractivity contribution in [2.24, 2.45) is 4.99 Å². The zero-order valence-corrected chi connectivity index (χ0v) is 11.9. The highest BCUT2D eigenvalue weighted by Gasteiger charge is 2.10. The van der Waals surface area contributed by atoms with Crippen LogP contribution in [0, 0.1) is 5.82 Å². The van der Waals surface area contributed by atoms with Crippen molar-refractivity contribution in [3.63, 3.8) is 0 Å². The number of ether oxygens (including phenoxy) is 1. The summed E-state index contributed by atoms with van der Waals surface area (Å²) in [5, 5.41) is 0. The van der Waals surface area contributed by atoms with Crippen LogP contribution in [-0.2, 0) is 6.54 Å². The monoisotopic (exact) mass is 289 g/mol. The summed E-state index contributed by atoms with van der Waals surface area (Å²) in [6.45, 7) is -2.79. The maximum atomic E-state index is 13.5. The van der Waals surface area contributed by atoms with E-state index in [0.29, 0.717) is 5.56 Å². The predicted octanol–water partition coefficient (Wildman–Crippen LogP) is 2.41. The molecule has 0 unspecified atom stereocenters. The first-order valence-electron chi connectivity index (χ1n) is 5.93. The fourth-order valence-electron chi connectivity index (χ4n) is 1.68. The van der Waals surface area contributed by atoms with Gasteiger partial charge in [-0.1, -0.05) is 6.07 Å². The average Bonchev–Trinajstić information content (AvgIpc) is 2.31. The van der Waals surface area contributed by atoms with Crippen LogP contribution >= 0.6 is 0 Å². The second kappa shape index (κ2) is 7.02. The SMILES string of the molecule is CN(C)C(=NCc1ccc(OC(F)F)c(F)c1)N(C)C. The van der Waals surface area contributed by atoms with Crippen molar-refractivity contribution in [3.05, 3.63) is 29.6 Å². The van der Waals surface area contributed by atoms with Crippen LogP contribution in [0.15, 0.2) is 23.2 Å². The number of alkyl halides is 2. The van der Waals surface area contributed by atoms with Gasteiger partial charge in [0.15, 0.2) is 17.5 Å². The lowest BCUT2D eigenvalue weighted by molar-refractivity contribution is -0.0522. The molecule has 1 aromatic rings. The van der Waals surface area contributed by atoms with Crippen molar-refractivity contribution in [2.75, 3.05) is 28.2 Å². The van der Waals surface area contributed by atoms with E-state index in [4.69, 9.17) is 0 Å². The maximum Gasteiger partial charge on any atom is 0.387 e. The average molecular weight is 289 g/mol. The molecule has 0 heterocycles. The topological polar surface area (TPSA) is 28.1 Å². The van der Waals surface area contributed by atoms with E-state index in [-0.39, 0.29) is 6.54 Å². The minimum absolute atomic E-state index is 0.248. The van der Waals surface area contributed by atoms with E-state index in [0.717, 1.165) is 12.0 Å². The lowest BCUT2D eigenvalue weighted by atomic mass is 10.2. The number of halogens is 3. The van der Waals surface area contributed by atoms with Crippen molar-refractivity contribution >= 4 is 5.96 Å². The summed E-state index contributed by atoms with van der Waals surface area (Å²) in [5.74, 6) is -0.569. The van der Waals surface area contributed by atoms with Gasteiger partial charge < -0.3 is 14.5 Å². The van der Waals surface area contributed by atoms with Crippen molar-refractivity contribution in [1.29, 1.82) is 0 Å². The van der Waals surface area contributed by atoms with Crippen molar-refractivity contribution in [3.8, 4) is 5.75 Å². The fourth-order valence-corrected chi connectivity index (χ4v) is 1.68.